The van der Waals surface area contributed by atoms with Crippen molar-refractivity contribution in [1.82, 2.24) is 20.2 Å². The highest BCUT2D eigenvalue weighted by Crippen LogP contribution is 2.41. The van der Waals surface area contributed by atoms with Crippen LogP contribution in [0, 0.1) is 6.92 Å². The van der Waals surface area contributed by atoms with Crippen LogP contribution in [-0.2, 0) is 12.0 Å². The fourth-order valence-corrected chi connectivity index (χ4v) is 5.91. The number of H-pyrrole nitrogens is 1. The smallest absolute Gasteiger partial charge is 0.137 e. The molecule has 1 saturated heterocycles. The molecule has 5 heteroatoms. The highest BCUT2D eigenvalue weighted by Gasteiger charge is 2.43. The van der Waals surface area contributed by atoms with Gasteiger partial charge in [0.05, 0.1) is 24.4 Å². The number of aryl methyl sites for hydroxylation is 2. The van der Waals surface area contributed by atoms with Gasteiger partial charge in [-0.3, -0.25) is 4.90 Å². The molecule has 1 aromatic heterocycles. The van der Waals surface area contributed by atoms with Crippen molar-refractivity contribution in [2.24, 2.45) is 0 Å². The molecule has 0 amide bonds. The van der Waals surface area contributed by atoms with Crippen molar-refractivity contribution in [3.8, 4) is 17.1 Å². The van der Waals surface area contributed by atoms with Crippen LogP contribution in [0.5, 0.6) is 5.75 Å². The van der Waals surface area contributed by atoms with Crippen LogP contribution in [-0.4, -0.2) is 41.6 Å². The fraction of sp³-hybridized carbons (Fsp3) is 0.344. The van der Waals surface area contributed by atoms with Gasteiger partial charge in [0.1, 0.15) is 11.6 Å². The monoisotopic (exact) mass is 494 g/mol. The predicted molar refractivity (Wildman–Crippen MR) is 151 cm³/mol. The summed E-state index contributed by atoms with van der Waals surface area (Å²) in [5.41, 5.74) is 6.02. The molecule has 1 aliphatic heterocycles. The zero-order valence-electron chi connectivity index (χ0n) is 22.2. The van der Waals surface area contributed by atoms with Crippen molar-refractivity contribution in [3.05, 3.63) is 107 Å². The summed E-state index contributed by atoms with van der Waals surface area (Å²) in [4.78, 5) is 11.4. The van der Waals surface area contributed by atoms with Gasteiger partial charge >= 0.3 is 0 Å². The van der Waals surface area contributed by atoms with Crippen LogP contribution in [0.15, 0.2) is 84.9 Å². The minimum atomic E-state index is -0.107. The molecule has 5 rings (SSSR count). The number of nitrogens with zero attached hydrogens (tertiary/aromatic N) is 2. The van der Waals surface area contributed by atoms with Gasteiger partial charge in [0.25, 0.3) is 0 Å². The molecule has 192 valence electrons. The summed E-state index contributed by atoms with van der Waals surface area (Å²) in [5.74, 6) is 1.85. The first kappa shape index (κ1) is 25.2. The molecule has 2 unspecified atom stereocenters. The van der Waals surface area contributed by atoms with Crippen LogP contribution in [0.4, 0.5) is 0 Å². The van der Waals surface area contributed by atoms with Gasteiger partial charge in [0, 0.05) is 30.9 Å². The minimum Gasteiger partial charge on any atom is -0.497 e. The number of hydrogen-bond donors (Lipinski definition) is 2. The average molecular weight is 495 g/mol. The topological polar surface area (TPSA) is 53.2 Å². The highest BCUT2D eigenvalue weighted by molar-refractivity contribution is 5.55. The standard InChI is InChI=1S/C32H38N4O/c1-24-30(35-31(34-24)27-12-6-4-7-13-27)25(2)36-22-21-33-23-32(36,28-14-8-5-9-15-28)20-10-11-26-16-18-29(37-3)19-17-26/h4-9,12-19,25,33H,10-11,20-23H2,1-3H3,(H,34,35). The Labute approximate surface area is 220 Å². The lowest BCUT2D eigenvalue weighted by Crippen LogP contribution is -2.59. The normalized spacial score (nSPS) is 19.0. The Hall–Kier alpha value is -3.41. The largest absolute Gasteiger partial charge is 0.497 e. The van der Waals surface area contributed by atoms with Crippen LogP contribution in [0.25, 0.3) is 11.4 Å². The summed E-state index contributed by atoms with van der Waals surface area (Å²) in [6.45, 7) is 7.36. The number of aromatic amines is 1. The maximum Gasteiger partial charge on any atom is 0.137 e. The second-order valence-corrected chi connectivity index (χ2v) is 10.1. The quantitative estimate of drug-likeness (QED) is 0.288. The summed E-state index contributed by atoms with van der Waals surface area (Å²) in [6, 6.07) is 30.1. The number of hydrogen-bond acceptors (Lipinski definition) is 4. The lowest BCUT2D eigenvalue weighted by Gasteiger charge is -2.51. The molecule has 2 N–H and O–H groups in total. The first-order chi connectivity index (χ1) is 18.1. The molecular formula is C32H38N4O. The van der Waals surface area contributed by atoms with E-state index in [0.717, 1.165) is 67.4 Å². The number of nitrogens with one attached hydrogen (secondary N) is 2. The molecule has 0 spiro atoms. The van der Waals surface area contributed by atoms with Crippen LogP contribution in [0.1, 0.15) is 48.3 Å². The van der Waals surface area contributed by atoms with Gasteiger partial charge in [-0.2, -0.15) is 0 Å². The zero-order valence-corrected chi connectivity index (χ0v) is 22.2. The molecule has 2 heterocycles. The molecule has 0 radical (unpaired) electrons. The van der Waals surface area contributed by atoms with Crippen molar-refractivity contribution in [2.45, 2.75) is 44.7 Å². The molecule has 0 bridgehead atoms. The molecular weight excluding hydrogens is 456 g/mol. The molecule has 1 aliphatic rings. The maximum atomic E-state index is 5.34. The number of imidazole rings is 1. The van der Waals surface area contributed by atoms with E-state index in [1.807, 2.05) is 6.07 Å². The first-order valence-corrected chi connectivity index (χ1v) is 13.4. The number of rotatable bonds is 9. The van der Waals surface area contributed by atoms with E-state index in [-0.39, 0.29) is 11.6 Å². The van der Waals surface area contributed by atoms with E-state index in [2.05, 4.69) is 108 Å². The van der Waals surface area contributed by atoms with Crippen molar-refractivity contribution in [1.29, 1.82) is 0 Å². The fourth-order valence-electron chi connectivity index (χ4n) is 5.91. The van der Waals surface area contributed by atoms with Crippen molar-refractivity contribution < 1.29 is 4.74 Å². The van der Waals surface area contributed by atoms with E-state index >= 15 is 0 Å². The number of methoxy groups -OCH3 is 1. The molecule has 5 nitrogen and oxygen atoms in total. The average Bonchev–Trinajstić information content (AvgIpc) is 3.35. The summed E-state index contributed by atoms with van der Waals surface area (Å²) in [7, 11) is 1.72. The summed E-state index contributed by atoms with van der Waals surface area (Å²) in [5, 5.41) is 3.73. The summed E-state index contributed by atoms with van der Waals surface area (Å²) < 4.78 is 5.34. The Balaban J connectivity index is 1.44. The second kappa shape index (κ2) is 11.3. The van der Waals surface area contributed by atoms with E-state index in [1.54, 1.807) is 7.11 Å². The zero-order chi connectivity index (χ0) is 25.7. The first-order valence-electron chi connectivity index (χ1n) is 13.4. The van der Waals surface area contributed by atoms with Crippen molar-refractivity contribution >= 4 is 0 Å². The van der Waals surface area contributed by atoms with Crippen molar-refractivity contribution in [3.63, 3.8) is 0 Å². The third-order valence-corrected chi connectivity index (χ3v) is 7.86. The van der Waals surface area contributed by atoms with Crippen LogP contribution >= 0.6 is 0 Å². The predicted octanol–water partition coefficient (Wildman–Crippen LogP) is 6.28. The Kier molecular flexibility index (Phi) is 7.73. The lowest BCUT2D eigenvalue weighted by molar-refractivity contribution is 0.0110. The van der Waals surface area contributed by atoms with E-state index in [0.29, 0.717) is 0 Å². The number of ether oxygens (including phenoxy) is 1. The van der Waals surface area contributed by atoms with Crippen molar-refractivity contribution in [2.75, 3.05) is 26.7 Å². The minimum absolute atomic E-state index is 0.107. The number of benzene rings is 3. The number of piperazine rings is 1. The molecule has 2 atom stereocenters. The Morgan fingerprint density at radius 3 is 2.38 bits per heavy atom. The Bertz CT molecular complexity index is 1270. The number of aromatic nitrogens is 2. The maximum absolute atomic E-state index is 5.34. The third kappa shape index (κ3) is 5.34. The molecule has 37 heavy (non-hydrogen) atoms. The molecule has 4 aromatic rings. The molecule has 3 aromatic carbocycles. The van der Waals surface area contributed by atoms with E-state index in [9.17, 15) is 0 Å². The SMILES string of the molecule is COc1ccc(CCCC2(c3ccccc3)CNCCN2C(C)c2nc(-c3ccccc3)[nH]c2C)cc1. The van der Waals surface area contributed by atoms with Gasteiger partial charge in [-0.1, -0.05) is 72.8 Å². The van der Waals surface area contributed by atoms with Gasteiger partial charge in [0.15, 0.2) is 0 Å². The van der Waals surface area contributed by atoms with Gasteiger partial charge in [-0.05, 0) is 56.4 Å². The summed E-state index contributed by atoms with van der Waals surface area (Å²) >= 11 is 0. The third-order valence-electron chi connectivity index (χ3n) is 7.86. The molecule has 1 fully saturated rings. The molecule has 0 saturated carbocycles. The van der Waals surface area contributed by atoms with E-state index < -0.39 is 0 Å². The van der Waals surface area contributed by atoms with E-state index in [1.165, 1.54) is 11.1 Å². The lowest BCUT2D eigenvalue weighted by atomic mass is 9.80. The molecule has 0 aliphatic carbocycles. The Morgan fingerprint density at radius 1 is 0.973 bits per heavy atom. The van der Waals surface area contributed by atoms with Crippen LogP contribution < -0.4 is 10.1 Å². The van der Waals surface area contributed by atoms with Crippen LogP contribution in [0.2, 0.25) is 0 Å². The van der Waals surface area contributed by atoms with Gasteiger partial charge in [-0.25, -0.2) is 4.98 Å². The van der Waals surface area contributed by atoms with Gasteiger partial charge in [-0.15, -0.1) is 0 Å². The van der Waals surface area contributed by atoms with Gasteiger partial charge < -0.3 is 15.0 Å². The second-order valence-electron chi connectivity index (χ2n) is 10.1. The van der Waals surface area contributed by atoms with Gasteiger partial charge in [0.2, 0.25) is 0 Å². The van der Waals surface area contributed by atoms with Crippen LogP contribution in [0.3, 0.4) is 0 Å². The van der Waals surface area contributed by atoms with E-state index in [4.69, 9.17) is 9.72 Å². The Morgan fingerprint density at radius 2 is 1.68 bits per heavy atom. The summed E-state index contributed by atoms with van der Waals surface area (Å²) in [6.07, 6.45) is 3.21. The highest BCUT2D eigenvalue weighted by atomic mass is 16.5.